The van der Waals surface area contributed by atoms with Crippen molar-refractivity contribution in [3.8, 4) is 0 Å². The van der Waals surface area contributed by atoms with Gasteiger partial charge in [-0.1, -0.05) is 127 Å². The van der Waals surface area contributed by atoms with Gasteiger partial charge in [0.05, 0.1) is 0 Å². The zero-order valence-corrected chi connectivity index (χ0v) is 25.3. The van der Waals surface area contributed by atoms with Crippen molar-refractivity contribution in [1.29, 1.82) is 0 Å². The molecular weight excluding hydrogens is 529 g/mol. The summed E-state index contributed by atoms with van der Waals surface area (Å²) >= 11 is 0. The molecule has 0 saturated carbocycles. The minimum Gasteiger partial charge on any atom is -0.409 e. The summed E-state index contributed by atoms with van der Waals surface area (Å²) < 4.78 is 22.0. The molecule has 0 radical (unpaired) electrons. The van der Waals surface area contributed by atoms with E-state index in [9.17, 15) is 0 Å². The van der Waals surface area contributed by atoms with Crippen LogP contribution >= 0.6 is 0 Å². The van der Waals surface area contributed by atoms with Gasteiger partial charge in [-0.3, -0.25) is 0 Å². The average molecular weight is 559 g/mol. The first-order valence-electron chi connectivity index (χ1n) is 13.4. The van der Waals surface area contributed by atoms with Gasteiger partial charge in [-0.25, -0.2) is 0 Å². The van der Waals surface area contributed by atoms with Crippen molar-refractivity contribution in [2.75, 3.05) is 0 Å². The Hall–Kier alpha value is -3.37. The van der Waals surface area contributed by atoms with Gasteiger partial charge in [0.25, 0.3) is 0 Å². The first-order chi connectivity index (χ1) is 18.9. The lowest BCUT2D eigenvalue weighted by atomic mass is 10.1. The van der Waals surface area contributed by atoms with Crippen LogP contribution in [0.15, 0.2) is 127 Å². The summed E-state index contributed by atoms with van der Waals surface area (Å²) in [6.07, 6.45) is 0. The Morgan fingerprint density at radius 2 is 0.590 bits per heavy atom. The molecule has 0 aromatic heterocycles. The maximum atomic E-state index is 7.35. The smallest absolute Gasteiger partial charge is 0.352 e. The SMILES string of the molecule is C[Si]1(c2cccc3ccccc23)O[Si](C)(c2cccc3ccccc23)O[Si](C)(c2cccc3ccccc23)O1. The van der Waals surface area contributed by atoms with Gasteiger partial charge in [-0.05, 0) is 52.0 Å². The van der Waals surface area contributed by atoms with Crippen LogP contribution in [-0.2, 0) is 12.3 Å². The Morgan fingerprint density at radius 3 is 0.897 bits per heavy atom. The second-order valence-corrected chi connectivity index (χ2v) is 20.5. The summed E-state index contributed by atoms with van der Waals surface area (Å²) in [5, 5.41) is 10.7. The molecule has 6 aromatic rings. The van der Waals surface area contributed by atoms with E-state index in [1.807, 2.05) is 0 Å². The predicted octanol–water partition coefficient (Wildman–Crippen LogP) is 6.45. The quantitative estimate of drug-likeness (QED) is 0.234. The topological polar surface area (TPSA) is 27.7 Å². The fourth-order valence-electron chi connectivity index (χ4n) is 6.37. The average Bonchev–Trinajstić information content (AvgIpc) is 2.95. The predicted molar refractivity (Wildman–Crippen MR) is 169 cm³/mol. The van der Waals surface area contributed by atoms with E-state index >= 15 is 0 Å². The lowest BCUT2D eigenvalue weighted by Crippen LogP contribution is -2.77. The fraction of sp³-hybridized carbons (Fsp3) is 0.0909. The fourth-order valence-corrected chi connectivity index (χ4v) is 22.9. The Labute approximate surface area is 232 Å². The lowest BCUT2D eigenvalue weighted by Gasteiger charge is -2.51. The molecule has 1 heterocycles. The molecule has 6 aromatic carbocycles. The molecule has 0 unspecified atom stereocenters. The van der Waals surface area contributed by atoms with Crippen LogP contribution in [0.1, 0.15) is 0 Å². The molecule has 7 rings (SSSR count). The second-order valence-electron chi connectivity index (χ2n) is 10.7. The third-order valence-corrected chi connectivity index (χ3v) is 21.6. The highest BCUT2D eigenvalue weighted by Crippen LogP contribution is 2.34. The molecule has 0 bridgehead atoms. The highest BCUT2D eigenvalue weighted by atomic mass is 28.5. The molecule has 3 nitrogen and oxygen atoms in total. The minimum atomic E-state index is -2.99. The van der Waals surface area contributed by atoms with Crippen molar-refractivity contribution in [2.24, 2.45) is 0 Å². The van der Waals surface area contributed by atoms with E-state index < -0.39 is 25.7 Å². The van der Waals surface area contributed by atoms with Crippen LogP contribution in [0.4, 0.5) is 0 Å². The van der Waals surface area contributed by atoms with Gasteiger partial charge in [0.2, 0.25) is 0 Å². The third kappa shape index (κ3) is 4.03. The molecule has 0 spiro atoms. The number of fused-ring (bicyclic) bond motifs is 3. The zero-order chi connectivity index (χ0) is 26.7. The Balaban J connectivity index is 1.50. The summed E-state index contributed by atoms with van der Waals surface area (Å²) in [4.78, 5) is 0. The summed E-state index contributed by atoms with van der Waals surface area (Å²) in [7, 11) is -8.97. The molecule has 0 atom stereocenters. The van der Waals surface area contributed by atoms with Crippen LogP contribution in [-0.4, -0.2) is 25.7 Å². The maximum absolute atomic E-state index is 7.35. The van der Waals surface area contributed by atoms with Gasteiger partial charge in [-0.2, -0.15) is 0 Å². The van der Waals surface area contributed by atoms with E-state index in [4.69, 9.17) is 12.3 Å². The maximum Gasteiger partial charge on any atom is 0.352 e. The number of hydrogen-bond acceptors (Lipinski definition) is 3. The van der Waals surface area contributed by atoms with E-state index in [0.717, 1.165) is 0 Å². The van der Waals surface area contributed by atoms with Crippen molar-refractivity contribution in [3.63, 3.8) is 0 Å². The molecule has 39 heavy (non-hydrogen) atoms. The van der Waals surface area contributed by atoms with Crippen molar-refractivity contribution >= 4 is 73.6 Å². The van der Waals surface area contributed by atoms with Crippen molar-refractivity contribution < 1.29 is 12.3 Å². The van der Waals surface area contributed by atoms with Gasteiger partial charge in [0.1, 0.15) is 0 Å². The van der Waals surface area contributed by atoms with Crippen LogP contribution in [0.5, 0.6) is 0 Å². The zero-order valence-electron chi connectivity index (χ0n) is 22.3. The largest absolute Gasteiger partial charge is 0.409 e. The number of rotatable bonds is 3. The van der Waals surface area contributed by atoms with E-state index in [0.29, 0.717) is 0 Å². The second kappa shape index (κ2) is 9.09. The first kappa shape index (κ1) is 24.7. The summed E-state index contributed by atoms with van der Waals surface area (Å²) in [5.41, 5.74) is 0. The molecule has 1 aliphatic rings. The highest BCUT2D eigenvalue weighted by Gasteiger charge is 2.60. The Morgan fingerprint density at radius 1 is 0.333 bits per heavy atom. The van der Waals surface area contributed by atoms with Crippen molar-refractivity contribution in [1.82, 2.24) is 0 Å². The molecule has 1 fully saturated rings. The minimum absolute atomic E-state index is 1.17. The summed E-state index contributed by atoms with van der Waals surface area (Å²) in [6.45, 7) is 6.68. The van der Waals surface area contributed by atoms with Crippen molar-refractivity contribution in [2.45, 2.75) is 19.6 Å². The lowest BCUT2D eigenvalue weighted by molar-refractivity contribution is 0.253. The standard InChI is InChI=1S/C33H30O3Si3/c1-37(31-22-10-16-25-13-4-7-19-28(25)31)34-38(2,32-23-11-17-26-14-5-8-20-29(26)32)36-39(3,35-37)33-24-12-18-27-15-6-9-21-30(27)33/h4-24H,1-3H3. The van der Waals surface area contributed by atoms with Crippen LogP contribution in [0.2, 0.25) is 19.6 Å². The van der Waals surface area contributed by atoms with Gasteiger partial charge in [0.15, 0.2) is 0 Å². The van der Waals surface area contributed by atoms with E-state index in [1.165, 1.54) is 47.9 Å². The molecular formula is C33H30O3Si3. The first-order valence-corrected chi connectivity index (χ1v) is 20.4. The van der Waals surface area contributed by atoms with Crippen LogP contribution < -0.4 is 15.6 Å². The van der Waals surface area contributed by atoms with Crippen LogP contribution in [0.3, 0.4) is 0 Å². The molecule has 0 amide bonds. The van der Waals surface area contributed by atoms with E-state index in [2.05, 4.69) is 147 Å². The van der Waals surface area contributed by atoms with Gasteiger partial charge >= 0.3 is 25.7 Å². The molecule has 1 aliphatic heterocycles. The Bertz CT molecular complexity index is 1630. The highest BCUT2D eigenvalue weighted by molar-refractivity contribution is 7.06. The molecule has 6 heteroatoms. The monoisotopic (exact) mass is 558 g/mol. The summed E-state index contributed by atoms with van der Waals surface area (Å²) in [6, 6.07) is 45.2. The number of benzene rings is 6. The van der Waals surface area contributed by atoms with Gasteiger partial charge in [-0.15, -0.1) is 0 Å². The van der Waals surface area contributed by atoms with Crippen LogP contribution in [0, 0.1) is 0 Å². The third-order valence-electron chi connectivity index (χ3n) is 8.01. The Kier molecular flexibility index (Phi) is 5.75. The molecule has 0 N–H and O–H groups in total. The van der Waals surface area contributed by atoms with Gasteiger partial charge < -0.3 is 12.3 Å². The van der Waals surface area contributed by atoms with Gasteiger partial charge in [0, 0.05) is 15.6 Å². The number of hydrogen-bond donors (Lipinski definition) is 0. The molecule has 1 saturated heterocycles. The van der Waals surface area contributed by atoms with E-state index in [1.54, 1.807) is 0 Å². The van der Waals surface area contributed by atoms with Crippen LogP contribution in [0.25, 0.3) is 32.3 Å². The normalized spacial score (nSPS) is 25.3. The molecule has 0 aliphatic carbocycles. The van der Waals surface area contributed by atoms with Crippen molar-refractivity contribution in [3.05, 3.63) is 127 Å². The molecule has 192 valence electrons. The van der Waals surface area contributed by atoms with E-state index in [-0.39, 0.29) is 0 Å². The summed E-state index contributed by atoms with van der Waals surface area (Å²) in [5.74, 6) is 0.